The maximum Gasteiger partial charge on any atom is 0.160 e. The topological polar surface area (TPSA) is 34.1 Å². The Hall–Kier alpha value is -1.25. The number of nitrogens with one attached hydrogen (secondary N) is 1. The summed E-state index contributed by atoms with van der Waals surface area (Å²) in [5.74, 6) is 0.855. The van der Waals surface area contributed by atoms with Crippen LogP contribution < -0.4 is 10.1 Å². The van der Waals surface area contributed by atoms with E-state index in [1.54, 1.807) is 12.4 Å². The molecule has 1 N–H and O–H groups in total. The SMILES string of the molecule is CC.c1cc2c(cn1)OCCN2. The molecule has 12 heavy (non-hydrogen) atoms. The summed E-state index contributed by atoms with van der Waals surface area (Å²) in [6.07, 6.45) is 3.47. The first kappa shape index (κ1) is 8.84. The Balaban J connectivity index is 0.000000336. The van der Waals surface area contributed by atoms with Crippen molar-refractivity contribution in [1.82, 2.24) is 4.98 Å². The van der Waals surface area contributed by atoms with Crippen molar-refractivity contribution >= 4 is 5.69 Å². The van der Waals surface area contributed by atoms with Crippen LogP contribution in [0.15, 0.2) is 18.5 Å². The molecule has 0 atom stereocenters. The van der Waals surface area contributed by atoms with Gasteiger partial charge in [0, 0.05) is 12.7 Å². The highest BCUT2D eigenvalue weighted by Gasteiger charge is 2.06. The first-order chi connectivity index (χ1) is 5.97. The van der Waals surface area contributed by atoms with Crippen molar-refractivity contribution in [2.75, 3.05) is 18.5 Å². The summed E-state index contributed by atoms with van der Waals surface area (Å²) in [5, 5.41) is 3.20. The number of fused-ring (bicyclic) bond motifs is 1. The van der Waals surface area contributed by atoms with Crippen LogP contribution in [0.3, 0.4) is 0 Å². The van der Waals surface area contributed by atoms with E-state index in [0.717, 1.165) is 24.6 Å². The van der Waals surface area contributed by atoms with Crippen molar-refractivity contribution in [2.45, 2.75) is 13.8 Å². The molecule has 2 heterocycles. The van der Waals surface area contributed by atoms with Gasteiger partial charge in [-0.3, -0.25) is 4.98 Å². The van der Waals surface area contributed by atoms with Crippen molar-refractivity contribution in [3.8, 4) is 5.75 Å². The molecule has 0 unspecified atom stereocenters. The van der Waals surface area contributed by atoms with Crippen LogP contribution in [0.1, 0.15) is 13.8 Å². The molecule has 0 saturated heterocycles. The van der Waals surface area contributed by atoms with Gasteiger partial charge in [-0.15, -0.1) is 0 Å². The van der Waals surface area contributed by atoms with Gasteiger partial charge in [-0.05, 0) is 6.07 Å². The van der Waals surface area contributed by atoms with Gasteiger partial charge in [0.2, 0.25) is 0 Å². The predicted octanol–water partition coefficient (Wildman–Crippen LogP) is 1.91. The number of nitrogens with zero attached hydrogens (tertiary/aromatic N) is 1. The summed E-state index contributed by atoms with van der Waals surface area (Å²) >= 11 is 0. The van der Waals surface area contributed by atoms with Crippen molar-refractivity contribution in [1.29, 1.82) is 0 Å². The van der Waals surface area contributed by atoms with Crippen molar-refractivity contribution < 1.29 is 4.74 Å². The van der Waals surface area contributed by atoms with Crippen molar-refractivity contribution in [2.24, 2.45) is 0 Å². The summed E-state index contributed by atoms with van der Waals surface area (Å²) in [4.78, 5) is 3.93. The van der Waals surface area contributed by atoms with Gasteiger partial charge >= 0.3 is 0 Å². The Morgan fingerprint density at radius 2 is 2.33 bits per heavy atom. The van der Waals surface area contributed by atoms with E-state index >= 15 is 0 Å². The largest absolute Gasteiger partial charge is 0.488 e. The molecule has 0 bridgehead atoms. The minimum Gasteiger partial charge on any atom is -0.488 e. The molecule has 0 amide bonds. The van der Waals surface area contributed by atoms with Crippen LogP contribution in [0.5, 0.6) is 5.75 Å². The van der Waals surface area contributed by atoms with E-state index in [-0.39, 0.29) is 0 Å². The molecule has 2 rings (SSSR count). The highest BCUT2D eigenvalue weighted by Crippen LogP contribution is 2.24. The molecule has 3 heteroatoms. The van der Waals surface area contributed by atoms with E-state index < -0.39 is 0 Å². The zero-order valence-electron chi connectivity index (χ0n) is 7.50. The fourth-order valence-electron chi connectivity index (χ4n) is 0.988. The first-order valence-electron chi connectivity index (χ1n) is 4.27. The van der Waals surface area contributed by atoms with E-state index in [4.69, 9.17) is 4.74 Å². The van der Waals surface area contributed by atoms with E-state index in [1.807, 2.05) is 19.9 Å². The Kier molecular flexibility index (Phi) is 3.38. The molecule has 1 aromatic rings. The minimum absolute atomic E-state index is 0.735. The van der Waals surface area contributed by atoms with Crippen molar-refractivity contribution in [3.63, 3.8) is 0 Å². The number of anilines is 1. The third-order valence-corrected chi connectivity index (χ3v) is 1.46. The fraction of sp³-hybridized carbons (Fsp3) is 0.444. The molecule has 1 aliphatic heterocycles. The van der Waals surface area contributed by atoms with Gasteiger partial charge in [0.1, 0.15) is 6.61 Å². The third kappa shape index (κ3) is 1.87. The molecule has 3 nitrogen and oxygen atoms in total. The zero-order chi connectivity index (χ0) is 8.81. The second-order valence-corrected chi connectivity index (χ2v) is 2.15. The molecule has 0 aliphatic carbocycles. The zero-order valence-corrected chi connectivity index (χ0v) is 7.50. The van der Waals surface area contributed by atoms with Gasteiger partial charge in [-0.2, -0.15) is 0 Å². The third-order valence-electron chi connectivity index (χ3n) is 1.46. The lowest BCUT2D eigenvalue weighted by Crippen LogP contribution is -2.17. The lowest BCUT2D eigenvalue weighted by atomic mass is 10.3. The molecule has 1 aliphatic rings. The molecule has 0 saturated carbocycles. The lowest BCUT2D eigenvalue weighted by Gasteiger charge is -2.17. The second-order valence-electron chi connectivity index (χ2n) is 2.15. The van der Waals surface area contributed by atoms with Crippen LogP contribution >= 0.6 is 0 Å². The molecular formula is C9H14N2O. The number of hydrogen-bond donors (Lipinski definition) is 1. The Morgan fingerprint density at radius 1 is 1.50 bits per heavy atom. The quantitative estimate of drug-likeness (QED) is 0.639. The first-order valence-corrected chi connectivity index (χ1v) is 4.27. The smallest absolute Gasteiger partial charge is 0.160 e. The van der Waals surface area contributed by atoms with Gasteiger partial charge < -0.3 is 10.1 Å². The summed E-state index contributed by atoms with van der Waals surface area (Å²) in [6, 6.07) is 1.91. The van der Waals surface area contributed by atoms with Crippen LogP contribution in [0.25, 0.3) is 0 Å². The van der Waals surface area contributed by atoms with Crippen LogP contribution in [0.2, 0.25) is 0 Å². The highest BCUT2D eigenvalue weighted by atomic mass is 16.5. The number of hydrogen-bond acceptors (Lipinski definition) is 3. The average molecular weight is 166 g/mol. The lowest BCUT2D eigenvalue weighted by molar-refractivity contribution is 0.322. The Labute approximate surface area is 72.8 Å². The maximum absolute atomic E-state index is 5.30. The number of rotatable bonds is 0. The summed E-state index contributed by atoms with van der Waals surface area (Å²) in [5.41, 5.74) is 1.04. The van der Waals surface area contributed by atoms with Crippen LogP contribution in [-0.2, 0) is 0 Å². The predicted molar refractivity (Wildman–Crippen MR) is 49.6 cm³/mol. The highest BCUT2D eigenvalue weighted by molar-refractivity contribution is 5.55. The molecule has 66 valence electrons. The monoisotopic (exact) mass is 166 g/mol. The number of aromatic nitrogens is 1. The average Bonchev–Trinajstić information content (AvgIpc) is 2.21. The number of ether oxygens (including phenoxy) is 1. The van der Waals surface area contributed by atoms with E-state index in [9.17, 15) is 0 Å². The van der Waals surface area contributed by atoms with Gasteiger partial charge in [0.25, 0.3) is 0 Å². The maximum atomic E-state index is 5.30. The minimum atomic E-state index is 0.735. The summed E-state index contributed by atoms with van der Waals surface area (Å²) in [7, 11) is 0. The van der Waals surface area contributed by atoms with Crippen LogP contribution in [-0.4, -0.2) is 18.1 Å². The standard InChI is InChI=1S/C7H8N2O.C2H6/c1-2-8-5-7-6(1)9-3-4-10-7;1-2/h1-2,5,9H,3-4H2;1-2H3. The Bertz CT molecular complexity index is 213. The van der Waals surface area contributed by atoms with Crippen LogP contribution in [0, 0.1) is 0 Å². The molecule has 0 radical (unpaired) electrons. The fourth-order valence-corrected chi connectivity index (χ4v) is 0.988. The van der Waals surface area contributed by atoms with E-state index in [0.29, 0.717) is 0 Å². The van der Waals surface area contributed by atoms with Gasteiger partial charge in [-0.1, -0.05) is 13.8 Å². The van der Waals surface area contributed by atoms with Gasteiger partial charge in [0.15, 0.2) is 5.75 Å². The summed E-state index contributed by atoms with van der Waals surface area (Å²) in [6.45, 7) is 5.62. The second kappa shape index (κ2) is 4.59. The van der Waals surface area contributed by atoms with E-state index in [1.165, 1.54) is 0 Å². The van der Waals surface area contributed by atoms with Crippen LogP contribution in [0.4, 0.5) is 5.69 Å². The van der Waals surface area contributed by atoms with Crippen molar-refractivity contribution in [3.05, 3.63) is 18.5 Å². The van der Waals surface area contributed by atoms with Gasteiger partial charge in [0.05, 0.1) is 11.9 Å². The molecule has 1 aromatic heterocycles. The normalized spacial score (nSPS) is 12.8. The molecule has 0 spiro atoms. The molecular weight excluding hydrogens is 152 g/mol. The molecule has 0 fully saturated rings. The Morgan fingerprint density at radius 3 is 3.08 bits per heavy atom. The summed E-state index contributed by atoms with van der Waals surface area (Å²) < 4.78 is 5.30. The molecule has 0 aromatic carbocycles. The number of pyridine rings is 1. The van der Waals surface area contributed by atoms with E-state index in [2.05, 4.69) is 10.3 Å². The van der Waals surface area contributed by atoms with Gasteiger partial charge in [-0.25, -0.2) is 0 Å².